The van der Waals surface area contributed by atoms with E-state index in [0.717, 1.165) is 23.6 Å². The fourth-order valence-corrected chi connectivity index (χ4v) is 2.60. The number of aliphatic hydroxyl groups excluding tert-OH is 1. The third-order valence-corrected chi connectivity index (χ3v) is 4.18. The summed E-state index contributed by atoms with van der Waals surface area (Å²) in [5.74, 6) is -0.196. The van der Waals surface area contributed by atoms with Crippen LogP contribution in [0.25, 0.3) is 10.8 Å². The number of fused-ring (bicyclic) bond motifs is 1. The van der Waals surface area contributed by atoms with Gasteiger partial charge in [-0.2, -0.15) is 0 Å². The molecule has 0 spiro atoms. The average molecular weight is 326 g/mol. The molecule has 1 unspecified atom stereocenters. The molecule has 2 aromatic rings. The first-order chi connectivity index (χ1) is 11.5. The van der Waals surface area contributed by atoms with Crippen LogP contribution in [0.5, 0.6) is 0 Å². The van der Waals surface area contributed by atoms with Crippen LogP contribution >= 0.6 is 0 Å². The minimum atomic E-state index is -0.462. The van der Waals surface area contributed by atoms with E-state index in [1.165, 1.54) is 0 Å². The van der Waals surface area contributed by atoms with Crippen molar-refractivity contribution in [1.82, 2.24) is 5.32 Å². The maximum Gasteiger partial charge on any atom is 0.253 e. The second-order valence-corrected chi connectivity index (χ2v) is 6.40. The molecule has 0 aliphatic heterocycles. The first-order valence-electron chi connectivity index (χ1n) is 8.34. The van der Waals surface area contributed by atoms with Crippen LogP contribution in [0.2, 0.25) is 0 Å². The third kappa shape index (κ3) is 3.92. The molecule has 1 aliphatic carbocycles. The van der Waals surface area contributed by atoms with Gasteiger partial charge in [-0.3, -0.25) is 9.59 Å². The van der Waals surface area contributed by atoms with E-state index in [1.54, 1.807) is 13.0 Å². The highest BCUT2D eigenvalue weighted by Crippen LogP contribution is 2.31. The normalized spacial score (nSPS) is 15.1. The molecule has 5 nitrogen and oxygen atoms in total. The molecule has 0 saturated heterocycles. The number of carbonyl (C=O) groups is 2. The van der Waals surface area contributed by atoms with E-state index >= 15 is 0 Å². The molecular formula is C19H22N2O3. The van der Waals surface area contributed by atoms with Crippen molar-refractivity contribution in [2.75, 3.05) is 11.9 Å². The van der Waals surface area contributed by atoms with Crippen LogP contribution in [0.4, 0.5) is 5.69 Å². The Bertz CT molecular complexity index is 766. The summed E-state index contributed by atoms with van der Waals surface area (Å²) < 4.78 is 0. The summed E-state index contributed by atoms with van der Waals surface area (Å²) in [7, 11) is 0. The van der Waals surface area contributed by atoms with Gasteiger partial charge in [-0.1, -0.05) is 24.3 Å². The molecule has 3 rings (SSSR count). The van der Waals surface area contributed by atoms with Gasteiger partial charge >= 0.3 is 0 Å². The van der Waals surface area contributed by atoms with Gasteiger partial charge in [0, 0.05) is 12.5 Å². The van der Waals surface area contributed by atoms with Crippen molar-refractivity contribution in [2.45, 2.75) is 32.3 Å². The van der Waals surface area contributed by atoms with Gasteiger partial charge in [0.2, 0.25) is 5.91 Å². The molecule has 0 aromatic heterocycles. The largest absolute Gasteiger partial charge is 0.393 e. The van der Waals surface area contributed by atoms with E-state index in [4.69, 9.17) is 0 Å². The Labute approximate surface area is 141 Å². The van der Waals surface area contributed by atoms with Crippen LogP contribution in [0.15, 0.2) is 36.4 Å². The zero-order chi connectivity index (χ0) is 17.1. The summed E-state index contributed by atoms with van der Waals surface area (Å²) in [5.41, 5.74) is 0.994. The second kappa shape index (κ2) is 7.01. The monoisotopic (exact) mass is 326 g/mol. The summed E-state index contributed by atoms with van der Waals surface area (Å²) in [4.78, 5) is 24.6. The van der Waals surface area contributed by atoms with Gasteiger partial charge in [0.15, 0.2) is 0 Å². The number of hydrogen-bond donors (Lipinski definition) is 3. The van der Waals surface area contributed by atoms with Gasteiger partial charge in [-0.25, -0.2) is 0 Å². The molecule has 24 heavy (non-hydrogen) atoms. The highest BCUT2D eigenvalue weighted by molar-refractivity contribution is 6.08. The Kier molecular flexibility index (Phi) is 4.81. The van der Waals surface area contributed by atoms with E-state index < -0.39 is 6.10 Å². The lowest BCUT2D eigenvalue weighted by Gasteiger charge is -2.13. The van der Waals surface area contributed by atoms with Gasteiger partial charge in [0.1, 0.15) is 0 Å². The van der Waals surface area contributed by atoms with E-state index in [1.807, 2.05) is 30.3 Å². The van der Waals surface area contributed by atoms with Crippen LogP contribution in [0.1, 0.15) is 36.5 Å². The quantitative estimate of drug-likeness (QED) is 0.764. The highest BCUT2D eigenvalue weighted by atomic mass is 16.3. The van der Waals surface area contributed by atoms with Gasteiger partial charge in [0.25, 0.3) is 5.91 Å². The summed E-state index contributed by atoms with van der Waals surface area (Å²) in [5, 5.41) is 16.9. The summed E-state index contributed by atoms with van der Waals surface area (Å²) in [6.45, 7) is 2.07. The Morgan fingerprint density at radius 1 is 1.21 bits per heavy atom. The fourth-order valence-electron chi connectivity index (χ4n) is 2.60. The SMILES string of the molecule is CC(O)CCNC(=O)c1cc2ccccc2cc1NC(=O)C1CC1. The van der Waals surface area contributed by atoms with Crippen molar-refractivity contribution < 1.29 is 14.7 Å². The first kappa shape index (κ1) is 16.5. The van der Waals surface area contributed by atoms with Crippen LogP contribution in [0, 0.1) is 5.92 Å². The Morgan fingerprint density at radius 3 is 2.50 bits per heavy atom. The molecule has 1 saturated carbocycles. The molecule has 0 heterocycles. The highest BCUT2D eigenvalue weighted by Gasteiger charge is 2.30. The van der Waals surface area contributed by atoms with Gasteiger partial charge in [-0.15, -0.1) is 0 Å². The molecule has 1 atom stereocenters. The van der Waals surface area contributed by atoms with Crippen LogP contribution in [0.3, 0.4) is 0 Å². The molecule has 3 N–H and O–H groups in total. The molecule has 0 radical (unpaired) electrons. The predicted molar refractivity (Wildman–Crippen MR) is 93.9 cm³/mol. The van der Waals surface area contributed by atoms with Crippen molar-refractivity contribution in [2.24, 2.45) is 5.92 Å². The van der Waals surface area contributed by atoms with Crippen LogP contribution < -0.4 is 10.6 Å². The number of hydrogen-bond acceptors (Lipinski definition) is 3. The third-order valence-electron chi connectivity index (χ3n) is 4.18. The Hall–Kier alpha value is -2.40. The van der Waals surface area contributed by atoms with E-state index in [-0.39, 0.29) is 17.7 Å². The lowest BCUT2D eigenvalue weighted by atomic mass is 10.0. The van der Waals surface area contributed by atoms with Crippen molar-refractivity contribution in [1.29, 1.82) is 0 Å². The lowest BCUT2D eigenvalue weighted by molar-refractivity contribution is -0.117. The number of amides is 2. The number of benzene rings is 2. The number of rotatable bonds is 6. The second-order valence-electron chi connectivity index (χ2n) is 6.40. The first-order valence-corrected chi connectivity index (χ1v) is 8.34. The van der Waals surface area contributed by atoms with E-state index in [2.05, 4.69) is 10.6 Å². The zero-order valence-corrected chi connectivity index (χ0v) is 13.7. The fraction of sp³-hybridized carbons (Fsp3) is 0.368. The Morgan fingerprint density at radius 2 is 1.88 bits per heavy atom. The molecule has 0 bridgehead atoms. The number of anilines is 1. The maximum atomic E-state index is 12.5. The number of carbonyl (C=O) groups excluding carboxylic acids is 2. The van der Waals surface area contributed by atoms with Crippen molar-refractivity contribution >= 4 is 28.3 Å². The molecule has 1 fully saturated rings. The minimum absolute atomic E-state index is 0.0247. The van der Waals surface area contributed by atoms with Crippen molar-refractivity contribution in [3.05, 3.63) is 42.0 Å². The Balaban J connectivity index is 1.87. The topological polar surface area (TPSA) is 78.4 Å². The summed E-state index contributed by atoms with van der Waals surface area (Å²) >= 11 is 0. The molecule has 2 aromatic carbocycles. The average Bonchev–Trinajstić information content (AvgIpc) is 3.38. The minimum Gasteiger partial charge on any atom is -0.393 e. The molecule has 5 heteroatoms. The van der Waals surface area contributed by atoms with Crippen LogP contribution in [-0.4, -0.2) is 29.6 Å². The summed E-state index contributed by atoms with van der Waals surface area (Å²) in [6.07, 6.45) is 1.85. The standard InChI is InChI=1S/C19H22N2O3/c1-12(22)8-9-20-19(24)16-10-14-4-2-3-5-15(14)11-17(16)21-18(23)13-6-7-13/h2-5,10-13,22H,6-9H2,1H3,(H,20,24)(H,21,23). The summed E-state index contributed by atoms with van der Waals surface area (Å²) in [6, 6.07) is 11.4. The van der Waals surface area contributed by atoms with Crippen LogP contribution in [-0.2, 0) is 4.79 Å². The smallest absolute Gasteiger partial charge is 0.253 e. The predicted octanol–water partition coefficient (Wildman–Crippen LogP) is 2.69. The van der Waals surface area contributed by atoms with Gasteiger partial charge in [0.05, 0.1) is 17.4 Å². The lowest BCUT2D eigenvalue weighted by Crippen LogP contribution is -2.28. The molecule has 2 amide bonds. The maximum absolute atomic E-state index is 12.5. The molecule has 126 valence electrons. The van der Waals surface area contributed by atoms with E-state index in [9.17, 15) is 14.7 Å². The van der Waals surface area contributed by atoms with Gasteiger partial charge < -0.3 is 15.7 Å². The van der Waals surface area contributed by atoms with Gasteiger partial charge in [-0.05, 0) is 49.1 Å². The van der Waals surface area contributed by atoms with E-state index in [0.29, 0.717) is 24.2 Å². The molecule has 1 aliphatic rings. The number of nitrogens with one attached hydrogen (secondary N) is 2. The molecular weight excluding hydrogens is 304 g/mol. The van der Waals surface area contributed by atoms with Crippen molar-refractivity contribution in [3.63, 3.8) is 0 Å². The van der Waals surface area contributed by atoms with Crippen molar-refractivity contribution in [3.8, 4) is 0 Å². The zero-order valence-electron chi connectivity index (χ0n) is 13.7. The number of aliphatic hydroxyl groups is 1.